The molecule has 1 fully saturated rings. The minimum Gasteiger partial charge on any atom is -0.336 e. The Kier molecular flexibility index (Phi) is 4.39. The Balaban J connectivity index is 2.36. The standard InChI is InChI=1S/C14H18ClNO3S/c1-10-5-3-4-8-16(10)14(17)11-6-7-12(15)13(9-11)20(2,18)19/h6-7,9-10H,3-5,8H2,1-2H3. The van der Waals surface area contributed by atoms with Crippen LogP contribution in [0.2, 0.25) is 5.02 Å². The summed E-state index contributed by atoms with van der Waals surface area (Å²) in [7, 11) is -3.44. The molecule has 2 rings (SSSR count). The number of benzene rings is 1. The third-order valence-corrected chi connectivity index (χ3v) is 5.22. The van der Waals surface area contributed by atoms with Crippen LogP contribution in [0.15, 0.2) is 23.1 Å². The molecule has 1 atom stereocenters. The summed E-state index contributed by atoms with van der Waals surface area (Å²) in [5, 5.41) is 0.149. The Morgan fingerprint density at radius 1 is 1.35 bits per heavy atom. The molecule has 0 spiro atoms. The molecule has 1 saturated heterocycles. The van der Waals surface area contributed by atoms with Crippen LogP contribution >= 0.6 is 11.6 Å². The number of piperidine rings is 1. The lowest BCUT2D eigenvalue weighted by atomic mass is 10.0. The Labute approximate surface area is 124 Å². The molecular formula is C14H18ClNO3S. The van der Waals surface area contributed by atoms with Gasteiger partial charge in [0.2, 0.25) is 0 Å². The molecule has 1 aromatic carbocycles. The highest BCUT2D eigenvalue weighted by atomic mass is 35.5. The summed E-state index contributed by atoms with van der Waals surface area (Å²) >= 11 is 5.90. The van der Waals surface area contributed by atoms with E-state index in [4.69, 9.17) is 11.6 Å². The van der Waals surface area contributed by atoms with Gasteiger partial charge in [0.25, 0.3) is 5.91 Å². The van der Waals surface area contributed by atoms with E-state index in [2.05, 4.69) is 0 Å². The van der Waals surface area contributed by atoms with Crippen LogP contribution < -0.4 is 0 Å². The molecule has 0 aliphatic carbocycles. The molecule has 20 heavy (non-hydrogen) atoms. The van der Waals surface area contributed by atoms with Crippen molar-refractivity contribution in [2.24, 2.45) is 0 Å². The van der Waals surface area contributed by atoms with Crippen LogP contribution in [0.4, 0.5) is 0 Å². The van der Waals surface area contributed by atoms with E-state index < -0.39 is 9.84 Å². The van der Waals surface area contributed by atoms with E-state index in [0.29, 0.717) is 5.56 Å². The predicted molar refractivity (Wildman–Crippen MR) is 78.9 cm³/mol. The first-order valence-electron chi connectivity index (χ1n) is 6.61. The van der Waals surface area contributed by atoms with Gasteiger partial charge >= 0.3 is 0 Å². The zero-order valence-corrected chi connectivity index (χ0v) is 13.2. The van der Waals surface area contributed by atoms with Crippen LogP contribution in [0.1, 0.15) is 36.5 Å². The molecule has 1 aliphatic rings. The number of amides is 1. The number of rotatable bonds is 2. The van der Waals surface area contributed by atoms with Crippen molar-refractivity contribution in [3.63, 3.8) is 0 Å². The van der Waals surface area contributed by atoms with Crippen molar-refractivity contribution in [1.29, 1.82) is 0 Å². The summed E-state index contributed by atoms with van der Waals surface area (Å²) in [6, 6.07) is 4.62. The Morgan fingerprint density at radius 2 is 2.05 bits per heavy atom. The average molecular weight is 316 g/mol. The minimum atomic E-state index is -3.44. The van der Waals surface area contributed by atoms with E-state index in [1.54, 1.807) is 11.0 Å². The van der Waals surface area contributed by atoms with E-state index in [1.165, 1.54) is 12.1 Å². The van der Waals surface area contributed by atoms with E-state index in [0.717, 1.165) is 32.1 Å². The van der Waals surface area contributed by atoms with Gasteiger partial charge in [-0.05, 0) is 44.4 Å². The molecule has 1 unspecified atom stereocenters. The second kappa shape index (κ2) is 5.74. The summed E-state index contributed by atoms with van der Waals surface area (Å²) < 4.78 is 23.3. The zero-order valence-electron chi connectivity index (χ0n) is 11.6. The first-order valence-corrected chi connectivity index (χ1v) is 8.88. The van der Waals surface area contributed by atoms with Gasteiger partial charge in [0.05, 0.1) is 9.92 Å². The van der Waals surface area contributed by atoms with Crippen LogP contribution in [0, 0.1) is 0 Å². The molecule has 110 valence electrons. The van der Waals surface area contributed by atoms with Crippen LogP contribution in [-0.2, 0) is 9.84 Å². The maximum absolute atomic E-state index is 12.5. The number of hydrogen-bond acceptors (Lipinski definition) is 3. The first-order chi connectivity index (χ1) is 9.30. The monoisotopic (exact) mass is 315 g/mol. The van der Waals surface area contributed by atoms with Crippen molar-refractivity contribution < 1.29 is 13.2 Å². The van der Waals surface area contributed by atoms with E-state index in [1.807, 2.05) is 6.92 Å². The largest absolute Gasteiger partial charge is 0.336 e. The highest BCUT2D eigenvalue weighted by Gasteiger charge is 2.25. The van der Waals surface area contributed by atoms with Gasteiger partial charge in [0.15, 0.2) is 9.84 Å². The molecule has 1 heterocycles. The fourth-order valence-electron chi connectivity index (χ4n) is 2.49. The van der Waals surface area contributed by atoms with Gasteiger partial charge in [-0.2, -0.15) is 0 Å². The Hall–Kier alpha value is -1.07. The molecule has 1 amide bonds. The average Bonchev–Trinajstić information content (AvgIpc) is 2.37. The van der Waals surface area contributed by atoms with E-state index in [-0.39, 0.29) is 21.9 Å². The molecule has 0 saturated carbocycles. The number of carbonyl (C=O) groups excluding carboxylic acids is 1. The third-order valence-electron chi connectivity index (χ3n) is 3.64. The predicted octanol–water partition coefficient (Wildman–Crippen LogP) is 2.76. The van der Waals surface area contributed by atoms with E-state index >= 15 is 0 Å². The molecule has 0 radical (unpaired) electrons. The number of carbonyl (C=O) groups is 1. The van der Waals surface area contributed by atoms with Gasteiger partial charge in [-0.3, -0.25) is 4.79 Å². The molecule has 0 N–H and O–H groups in total. The number of hydrogen-bond donors (Lipinski definition) is 0. The molecule has 6 heteroatoms. The third kappa shape index (κ3) is 3.15. The number of sulfone groups is 1. The molecule has 0 aromatic heterocycles. The van der Waals surface area contributed by atoms with Gasteiger partial charge in [0.1, 0.15) is 0 Å². The smallest absolute Gasteiger partial charge is 0.254 e. The SMILES string of the molecule is CC1CCCCN1C(=O)c1ccc(Cl)c(S(C)(=O)=O)c1. The highest BCUT2D eigenvalue weighted by molar-refractivity contribution is 7.90. The van der Waals surface area contributed by atoms with Crippen LogP contribution in [0.3, 0.4) is 0 Å². The quantitative estimate of drug-likeness (QED) is 0.843. The van der Waals surface area contributed by atoms with Gasteiger partial charge in [-0.15, -0.1) is 0 Å². The maximum atomic E-state index is 12.5. The summed E-state index contributed by atoms with van der Waals surface area (Å²) in [4.78, 5) is 14.3. The normalized spacial score (nSPS) is 19.9. The van der Waals surface area contributed by atoms with Gasteiger partial charge in [-0.25, -0.2) is 8.42 Å². The molecule has 4 nitrogen and oxygen atoms in total. The Morgan fingerprint density at radius 3 is 2.65 bits per heavy atom. The number of halogens is 1. The topological polar surface area (TPSA) is 54.5 Å². The van der Waals surface area contributed by atoms with Crippen molar-refractivity contribution >= 4 is 27.3 Å². The lowest BCUT2D eigenvalue weighted by Gasteiger charge is -2.33. The van der Waals surface area contributed by atoms with Gasteiger partial charge < -0.3 is 4.90 Å². The van der Waals surface area contributed by atoms with Crippen molar-refractivity contribution in [1.82, 2.24) is 4.90 Å². The highest BCUT2D eigenvalue weighted by Crippen LogP contribution is 2.25. The second-order valence-electron chi connectivity index (χ2n) is 5.26. The molecule has 1 aliphatic heterocycles. The second-order valence-corrected chi connectivity index (χ2v) is 7.65. The molecule has 0 bridgehead atoms. The maximum Gasteiger partial charge on any atom is 0.254 e. The van der Waals surface area contributed by atoms with Crippen molar-refractivity contribution in [3.8, 4) is 0 Å². The van der Waals surface area contributed by atoms with E-state index in [9.17, 15) is 13.2 Å². The van der Waals surface area contributed by atoms with Gasteiger partial charge in [-0.1, -0.05) is 11.6 Å². The summed E-state index contributed by atoms with van der Waals surface area (Å²) in [5.41, 5.74) is 0.378. The van der Waals surface area contributed by atoms with Crippen LogP contribution in [0.25, 0.3) is 0 Å². The zero-order chi connectivity index (χ0) is 14.9. The minimum absolute atomic E-state index is 0.00896. The summed E-state index contributed by atoms with van der Waals surface area (Å²) in [6.07, 6.45) is 4.19. The number of likely N-dealkylation sites (tertiary alicyclic amines) is 1. The Bertz CT molecular complexity index is 627. The fraction of sp³-hybridized carbons (Fsp3) is 0.500. The number of nitrogens with zero attached hydrogens (tertiary/aromatic N) is 1. The van der Waals surface area contributed by atoms with Gasteiger partial charge in [0, 0.05) is 24.4 Å². The summed E-state index contributed by atoms with van der Waals surface area (Å²) in [5.74, 6) is -0.126. The van der Waals surface area contributed by atoms with Crippen molar-refractivity contribution in [2.45, 2.75) is 37.1 Å². The lowest BCUT2D eigenvalue weighted by Crippen LogP contribution is -2.42. The van der Waals surface area contributed by atoms with Crippen molar-refractivity contribution in [3.05, 3.63) is 28.8 Å². The van der Waals surface area contributed by atoms with Crippen molar-refractivity contribution in [2.75, 3.05) is 12.8 Å². The molecule has 1 aromatic rings. The van der Waals surface area contributed by atoms with Crippen LogP contribution in [-0.4, -0.2) is 38.1 Å². The van der Waals surface area contributed by atoms with Crippen LogP contribution in [0.5, 0.6) is 0 Å². The summed E-state index contributed by atoms with van der Waals surface area (Å²) in [6.45, 7) is 2.74. The first kappa shape index (κ1) is 15.3. The fourth-order valence-corrected chi connectivity index (χ4v) is 3.79. The molecular weight excluding hydrogens is 298 g/mol. The lowest BCUT2D eigenvalue weighted by molar-refractivity contribution is 0.0635.